The molecule has 2 nitrogen and oxygen atoms in total. The van der Waals surface area contributed by atoms with E-state index < -0.39 is 11.7 Å². The van der Waals surface area contributed by atoms with Gasteiger partial charge in [0.2, 0.25) is 0 Å². The van der Waals surface area contributed by atoms with Crippen molar-refractivity contribution in [2.45, 2.75) is 33.4 Å². The molecule has 114 valence electrons. The minimum absolute atomic E-state index is 0.137. The fourth-order valence-corrected chi connectivity index (χ4v) is 2.26. The molecule has 0 saturated carbocycles. The first-order valence-electron chi connectivity index (χ1n) is 6.81. The molecule has 21 heavy (non-hydrogen) atoms. The number of hydrogen-bond acceptors (Lipinski definition) is 2. The number of rotatable bonds is 1. The van der Waals surface area contributed by atoms with Crippen LogP contribution in [-0.4, -0.2) is 12.3 Å². The molecule has 0 radical (unpaired) electrons. The van der Waals surface area contributed by atoms with E-state index in [1.54, 1.807) is 0 Å². The summed E-state index contributed by atoms with van der Waals surface area (Å²) in [7, 11) is 0. The van der Waals surface area contributed by atoms with Gasteiger partial charge in [0.25, 0.3) is 0 Å². The number of aliphatic imine (C=N–C) groups is 1. The van der Waals surface area contributed by atoms with Crippen molar-refractivity contribution in [2.75, 3.05) is 12.3 Å². The van der Waals surface area contributed by atoms with E-state index in [2.05, 4.69) is 4.99 Å². The first-order chi connectivity index (χ1) is 9.59. The number of hydrogen-bond donors (Lipinski definition) is 1. The summed E-state index contributed by atoms with van der Waals surface area (Å²) in [6, 6.07) is 3.47. The van der Waals surface area contributed by atoms with Crippen molar-refractivity contribution in [1.29, 1.82) is 0 Å². The van der Waals surface area contributed by atoms with Gasteiger partial charge in [-0.05, 0) is 36.3 Å². The number of alkyl halides is 3. The van der Waals surface area contributed by atoms with Crippen LogP contribution in [0, 0.1) is 5.41 Å². The Bertz CT molecular complexity index is 605. The molecule has 1 aromatic carbocycles. The molecule has 0 bridgehead atoms. The molecule has 0 unspecified atom stereocenters. The van der Waals surface area contributed by atoms with Crippen molar-refractivity contribution in [3.8, 4) is 0 Å². The molecule has 0 atom stereocenters. The summed E-state index contributed by atoms with van der Waals surface area (Å²) < 4.78 is 38.5. The summed E-state index contributed by atoms with van der Waals surface area (Å²) in [5.74, 6) is 0. The van der Waals surface area contributed by atoms with Crippen LogP contribution in [0.15, 0.2) is 29.3 Å². The highest BCUT2D eigenvalue weighted by molar-refractivity contribution is 6.05. The van der Waals surface area contributed by atoms with Crippen molar-refractivity contribution in [3.05, 3.63) is 35.4 Å². The van der Waals surface area contributed by atoms with Crippen LogP contribution in [0.25, 0.3) is 5.57 Å². The third kappa shape index (κ3) is 3.46. The molecular weight excluding hydrogens is 277 g/mol. The number of anilines is 1. The SMILES string of the molecule is CC(C)(C)C1=NCCC(c2cc(C(F)(F)F)ccc2N)=C1. The second kappa shape index (κ2) is 5.20. The van der Waals surface area contributed by atoms with Gasteiger partial charge < -0.3 is 5.73 Å². The van der Waals surface area contributed by atoms with Gasteiger partial charge in [0.1, 0.15) is 0 Å². The largest absolute Gasteiger partial charge is 0.416 e. The standard InChI is InChI=1S/C16H19F3N2/c1-15(2,3)14-8-10(6-7-21-14)12-9-11(16(17,18)19)4-5-13(12)20/h4-5,8-9H,6-7,20H2,1-3H3. The topological polar surface area (TPSA) is 38.4 Å². The molecule has 5 heteroatoms. The second-order valence-corrected chi connectivity index (χ2v) is 6.24. The van der Waals surface area contributed by atoms with Crippen LogP contribution in [0.3, 0.4) is 0 Å². The lowest BCUT2D eigenvalue weighted by Gasteiger charge is -2.24. The fourth-order valence-electron chi connectivity index (χ4n) is 2.26. The Kier molecular flexibility index (Phi) is 3.87. The van der Waals surface area contributed by atoms with Gasteiger partial charge in [-0.25, -0.2) is 0 Å². The number of allylic oxidation sites excluding steroid dienone is 1. The smallest absolute Gasteiger partial charge is 0.398 e. The fraction of sp³-hybridized carbons (Fsp3) is 0.438. The van der Waals surface area contributed by atoms with Crippen molar-refractivity contribution < 1.29 is 13.2 Å². The van der Waals surface area contributed by atoms with Gasteiger partial charge in [-0.1, -0.05) is 20.8 Å². The molecule has 1 aliphatic heterocycles. The Labute approximate surface area is 122 Å². The Morgan fingerprint density at radius 3 is 2.38 bits per heavy atom. The average molecular weight is 296 g/mol. The zero-order valence-corrected chi connectivity index (χ0v) is 12.4. The number of nitrogens with two attached hydrogens (primary N) is 1. The molecule has 0 amide bonds. The van der Waals surface area contributed by atoms with Gasteiger partial charge >= 0.3 is 6.18 Å². The summed E-state index contributed by atoms with van der Waals surface area (Å²) in [6.45, 7) is 6.66. The summed E-state index contributed by atoms with van der Waals surface area (Å²) in [4.78, 5) is 4.45. The molecule has 2 rings (SSSR count). The first kappa shape index (κ1) is 15.6. The Hall–Kier alpha value is -1.78. The predicted octanol–water partition coefficient (Wildman–Crippen LogP) is 4.56. The maximum absolute atomic E-state index is 12.8. The minimum Gasteiger partial charge on any atom is -0.398 e. The number of dihydropyridines is 1. The predicted molar refractivity (Wildman–Crippen MR) is 80.2 cm³/mol. The number of nitrogen functional groups attached to an aromatic ring is 1. The molecule has 0 spiro atoms. The lowest BCUT2D eigenvalue weighted by atomic mass is 9.85. The highest BCUT2D eigenvalue weighted by Crippen LogP contribution is 2.35. The van der Waals surface area contributed by atoms with Gasteiger partial charge in [0.15, 0.2) is 0 Å². The normalized spacial score (nSPS) is 16.5. The van der Waals surface area contributed by atoms with Gasteiger partial charge in [0.05, 0.1) is 5.56 Å². The van der Waals surface area contributed by atoms with Gasteiger partial charge in [-0.3, -0.25) is 4.99 Å². The van der Waals surface area contributed by atoms with Crippen molar-refractivity contribution in [3.63, 3.8) is 0 Å². The highest BCUT2D eigenvalue weighted by atomic mass is 19.4. The van der Waals surface area contributed by atoms with Crippen LogP contribution in [-0.2, 0) is 6.18 Å². The molecular formula is C16H19F3N2. The highest BCUT2D eigenvalue weighted by Gasteiger charge is 2.31. The van der Waals surface area contributed by atoms with E-state index in [-0.39, 0.29) is 5.41 Å². The zero-order chi connectivity index (χ0) is 15.8. The van der Waals surface area contributed by atoms with Gasteiger partial charge in [-0.15, -0.1) is 0 Å². The Morgan fingerprint density at radius 2 is 1.81 bits per heavy atom. The van der Waals surface area contributed by atoms with Crippen LogP contribution in [0.4, 0.5) is 18.9 Å². The maximum atomic E-state index is 12.8. The minimum atomic E-state index is -4.36. The summed E-state index contributed by atoms with van der Waals surface area (Å²) in [5.41, 5.74) is 7.59. The summed E-state index contributed by atoms with van der Waals surface area (Å²) >= 11 is 0. The number of benzene rings is 1. The summed E-state index contributed by atoms with van der Waals surface area (Å²) in [5, 5.41) is 0. The van der Waals surface area contributed by atoms with E-state index >= 15 is 0 Å². The monoisotopic (exact) mass is 296 g/mol. The lowest BCUT2D eigenvalue weighted by Crippen LogP contribution is -2.21. The number of nitrogens with zero attached hydrogens (tertiary/aromatic N) is 1. The molecule has 0 aliphatic carbocycles. The van der Waals surface area contributed by atoms with E-state index in [4.69, 9.17) is 5.73 Å². The van der Waals surface area contributed by atoms with E-state index in [0.29, 0.717) is 24.2 Å². The van der Waals surface area contributed by atoms with Crippen LogP contribution < -0.4 is 5.73 Å². The molecule has 1 heterocycles. The molecule has 0 saturated heterocycles. The van der Waals surface area contributed by atoms with Crippen molar-refractivity contribution >= 4 is 17.0 Å². The molecule has 1 aliphatic rings. The summed E-state index contributed by atoms with van der Waals surface area (Å²) in [6.07, 6.45) is -1.89. The van der Waals surface area contributed by atoms with Crippen LogP contribution in [0.1, 0.15) is 38.3 Å². The molecule has 2 N–H and O–H groups in total. The third-order valence-corrected chi connectivity index (χ3v) is 3.47. The zero-order valence-electron chi connectivity index (χ0n) is 12.4. The number of halogens is 3. The van der Waals surface area contributed by atoms with E-state index in [1.165, 1.54) is 6.07 Å². The van der Waals surface area contributed by atoms with Crippen LogP contribution in [0.5, 0.6) is 0 Å². The molecule has 1 aromatic rings. The van der Waals surface area contributed by atoms with E-state index in [9.17, 15) is 13.2 Å². The van der Waals surface area contributed by atoms with Crippen LogP contribution in [0.2, 0.25) is 0 Å². The molecule has 0 fully saturated rings. The molecule has 0 aromatic heterocycles. The van der Waals surface area contributed by atoms with Crippen molar-refractivity contribution in [1.82, 2.24) is 0 Å². The Balaban J connectivity index is 2.47. The maximum Gasteiger partial charge on any atom is 0.416 e. The Morgan fingerprint density at radius 1 is 1.14 bits per heavy atom. The third-order valence-electron chi connectivity index (χ3n) is 3.47. The van der Waals surface area contributed by atoms with Gasteiger partial charge in [0, 0.05) is 28.9 Å². The van der Waals surface area contributed by atoms with Crippen LogP contribution >= 0.6 is 0 Å². The van der Waals surface area contributed by atoms with Crippen molar-refractivity contribution in [2.24, 2.45) is 10.4 Å². The average Bonchev–Trinajstić information content (AvgIpc) is 2.37. The van der Waals surface area contributed by atoms with E-state index in [0.717, 1.165) is 23.4 Å². The second-order valence-electron chi connectivity index (χ2n) is 6.24. The van der Waals surface area contributed by atoms with Gasteiger partial charge in [-0.2, -0.15) is 13.2 Å². The lowest BCUT2D eigenvalue weighted by molar-refractivity contribution is -0.137. The van der Waals surface area contributed by atoms with E-state index in [1.807, 2.05) is 26.8 Å². The first-order valence-corrected chi connectivity index (χ1v) is 6.81. The quantitative estimate of drug-likeness (QED) is 0.758.